The van der Waals surface area contributed by atoms with Crippen LogP contribution in [0.3, 0.4) is 0 Å². The molecule has 0 spiro atoms. The molecule has 1 aromatic heterocycles. The van der Waals surface area contributed by atoms with Gasteiger partial charge in [0.1, 0.15) is 5.82 Å². The SMILES string of the molecule is CC1(C)C(Cn2c(=S)[nH]c3cc(F)c(Cl)cc32)C1(C)C. The van der Waals surface area contributed by atoms with E-state index in [2.05, 4.69) is 32.7 Å². The summed E-state index contributed by atoms with van der Waals surface area (Å²) >= 11 is 11.3. The number of imidazole rings is 1. The van der Waals surface area contributed by atoms with E-state index in [0.29, 0.717) is 16.2 Å². The van der Waals surface area contributed by atoms with Crippen molar-refractivity contribution in [3.05, 3.63) is 27.7 Å². The number of nitrogens with zero attached hydrogens (tertiary/aromatic N) is 1. The van der Waals surface area contributed by atoms with Crippen LogP contribution in [-0.2, 0) is 6.54 Å². The van der Waals surface area contributed by atoms with Crippen LogP contribution in [0.1, 0.15) is 27.7 Å². The fourth-order valence-electron chi connectivity index (χ4n) is 3.31. The number of nitrogens with one attached hydrogen (secondary N) is 1. The maximum absolute atomic E-state index is 13.5. The number of hydrogen-bond acceptors (Lipinski definition) is 1. The first kappa shape index (κ1) is 14.1. The summed E-state index contributed by atoms with van der Waals surface area (Å²) in [6.45, 7) is 9.96. The second kappa shape index (κ2) is 4.08. The lowest BCUT2D eigenvalue weighted by Gasteiger charge is -2.06. The zero-order chi connectivity index (χ0) is 14.9. The van der Waals surface area contributed by atoms with Crippen molar-refractivity contribution in [2.24, 2.45) is 16.7 Å². The third-order valence-corrected chi connectivity index (χ3v) is 6.11. The molecule has 0 aliphatic heterocycles. The molecule has 2 aromatic rings. The van der Waals surface area contributed by atoms with Gasteiger partial charge in [-0.25, -0.2) is 4.39 Å². The van der Waals surface area contributed by atoms with E-state index in [4.69, 9.17) is 23.8 Å². The number of rotatable bonds is 2. The number of benzene rings is 1. The zero-order valence-corrected chi connectivity index (χ0v) is 13.6. The van der Waals surface area contributed by atoms with Crippen molar-refractivity contribution < 1.29 is 4.39 Å². The molecule has 5 heteroatoms. The van der Waals surface area contributed by atoms with E-state index in [1.807, 2.05) is 4.57 Å². The van der Waals surface area contributed by atoms with Crippen molar-refractivity contribution in [2.45, 2.75) is 34.2 Å². The average Bonchev–Trinajstić information content (AvgIpc) is 2.60. The Morgan fingerprint density at radius 3 is 2.45 bits per heavy atom. The summed E-state index contributed by atoms with van der Waals surface area (Å²) in [5, 5.41) is 0.134. The lowest BCUT2D eigenvalue weighted by atomic mass is 10.0. The zero-order valence-electron chi connectivity index (χ0n) is 12.1. The van der Waals surface area contributed by atoms with Gasteiger partial charge in [-0.3, -0.25) is 0 Å². The fraction of sp³-hybridized carbons (Fsp3) is 0.533. The van der Waals surface area contributed by atoms with Crippen LogP contribution in [0.4, 0.5) is 4.39 Å². The Hall–Kier alpha value is -0.870. The number of hydrogen-bond donors (Lipinski definition) is 1. The van der Waals surface area contributed by atoms with Crippen LogP contribution in [0.2, 0.25) is 5.02 Å². The van der Waals surface area contributed by atoms with Gasteiger partial charge in [0.15, 0.2) is 4.77 Å². The van der Waals surface area contributed by atoms with Gasteiger partial charge in [0, 0.05) is 12.6 Å². The van der Waals surface area contributed by atoms with Crippen molar-refractivity contribution in [1.82, 2.24) is 9.55 Å². The van der Waals surface area contributed by atoms with Crippen LogP contribution < -0.4 is 0 Å². The smallest absolute Gasteiger partial charge is 0.178 e. The van der Waals surface area contributed by atoms with Crippen LogP contribution in [0, 0.1) is 27.3 Å². The third-order valence-electron chi connectivity index (χ3n) is 5.50. The van der Waals surface area contributed by atoms with Crippen LogP contribution in [-0.4, -0.2) is 9.55 Å². The molecule has 3 rings (SSSR count). The molecule has 20 heavy (non-hydrogen) atoms. The van der Waals surface area contributed by atoms with E-state index in [1.165, 1.54) is 6.07 Å². The molecule has 1 N–H and O–H groups in total. The molecule has 0 radical (unpaired) electrons. The molecule has 1 aliphatic carbocycles. The summed E-state index contributed by atoms with van der Waals surface area (Å²) in [6, 6.07) is 3.06. The van der Waals surface area contributed by atoms with Crippen molar-refractivity contribution in [3.63, 3.8) is 0 Å². The van der Waals surface area contributed by atoms with Crippen molar-refractivity contribution in [3.8, 4) is 0 Å². The summed E-state index contributed by atoms with van der Waals surface area (Å²) in [5.41, 5.74) is 2.15. The normalized spacial score (nSPS) is 20.5. The largest absolute Gasteiger partial charge is 0.330 e. The maximum Gasteiger partial charge on any atom is 0.178 e. The Balaban J connectivity index is 2.07. The molecule has 0 bridgehead atoms. The minimum atomic E-state index is -0.422. The topological polar surface area (TPSA) is 20.7 Å². The first-order chi connectivity index (χ1) is 9.16. The molecular weight excluding hydrogens is 295 g/mol. The summed E-state index contributed by atoms with van der Waals surface area (Å²) in [7, 11) is 0. The Morgan fingerprint density at radius 1 is 1.30 bits per heavy atom. The molecular formula is C15H18ClFN2S. The van der Waals surface area contributed by atoms with Gasteiger partial charge in [-0.2, -0.15) is 0 Å². The first-order valence-electron chi connectivity index (χ1n) is 6.74. The quantitative estimate of drug-likeness (QED) is 0.758. The van der Waals surface area contributed by atoms with Crippen LogP contribution in [0.5, 0.6) is 0 Å². The molecule has 1 aromatic carbocycles. The molecule has 1 aliphatic rings. The predicted octanol–water partition coefficient (Wildman–Crippen LogP) is 5.17. The van der Waals surface area contributed by atoms with E-state index < -0.39 is 5.82 Å². The second-order valence-corrected chi connectivity index (χ2v) is 7.61. The highest BCUT2D eigenvalue weighted by atomic mass is 35.5. The van der Waals surface area contributed by atoms with E-state index in [-0.39, 0.29) is 15.9 Å². The van der Waals surface area contributed by atoms with Gasteiger partial charge in [-0.05, 0) is 35.0 Å². The second-order valence-electron chi connectivity index (χ2n) is 6.82. The third kappa shape index (κ3) is 1.77. The summed E-state index contributed by atoms with van der Waals surface area (Å²) in [4.78, 5) is 3.06. The molecule has 0 atom stereocenters. The number of halogens is 2. The van der Waals surface area contributed by atoms with Gasteiger partial charge in [0.2, 0.25) is 0 Å². The molecule has 108 valence electrons. The number of H-pyrrole nitrogens is 1. The fourth-order valence-corrected chi connectivity index (χ4v) is 3.75. The highest BCUT2D eigenvalue weighted by Crippen LogP contribution is 2.68. The molecule has 0 unspecified atom stereocenters. The molecule has 1 heterocycles. The number of fused-ring (bicyclic) bond motifs is 1. The Kier molecular flexibility index (Phi) is 2.87. The van der Waals surface area contributed by atoms with E-state index in [9.17, 15) is 4.39 Å². The van der Waals surface area contributed by atoms with E-state index >= 15 is 0 Å². The predicted molar refractivity (Wildman–Crippen MR) is 83.1 cm³/mol. The molecule has 2 nitrogen and oxygen atoms in total. The number of aromatic nitrogens is 2. The van der Waals surface area contributed by atoms with Crippen molar-refractivity contribution >= 4 is 34.9 Å². The van der Waals surface area contributed by atoms with Crippen LogP contribution in [0.25, 0.3) is 11.0 Å². The summed E-state index contributed by atoms with van der Waals surface area (Å²) < 4.78 is 16.2. The average molecular weight is 313 g/mol. The van der Waals surface area contributed by atoms with Gasteiger partial charge in [-0.15, -0.1) is 0 Å². The Labute approximate surface area is 127 Å². The van der Waals surface area contributed by atoms with Gasteiger partial charge < -0.3 is 9.55 Å². The minimum Gasteiger partial charge on any atom is -0.330 e. The summed E-state index contributed by atoms with van der Waals surface area (Å²) in [5.74, 6) is 0.124. The standard InChI is InChI=1S/C15H18ClFN2S/c1-14(2)12(15(14,3)4)7-19-11-5-8(16)9(17)6-10(11)18-13(19)20/h5-6,12H,7H2,1-4H3,(H,18,20). The van der Waals surface area contributed by atoms with Crippen LogP contribution in [0.15, 0.2) is 12.1 Å². The monoisotopic (exact) mass is 312 g/mol. The molecule has 0 saturated heterocycles. The highest BCUT2D eigenvalue weighted by Gasteiger charge is 2.64. The Morgan fingerprint density at radius 2 is 1.90 bits per heavy atom. The van der Waals surface area contributed by atoms with Crippen LogP contribution >= 0.6 is 23.8 Å². The Bertz CT molecular complexity index is 743. The van der Waals surface area contributed by atoms with Crippen molar-refractivity contribution in [2.75, 3.05) is 0 Å². The van der Waals surface area contributed by atoms with Crippen molar-refractivity contribution in [1.29, 1.82) is 0 Å². The van der Waals surface area contributed by atoms with E-state index in [0.717, 1.165) is 12.1 Å². The highest BCUT2D eigenvalue weighted by molar-refractivity contribution is 7.71. The maximum atomic E-state index is 13.5. The summed E-state index contributed by atoms with van der Waals surface area (Å²) in [6.07, 6.45) is 0. The first-order valence-corrected chi connectivity index (χ1v) is 7.52. The molecule has 1 fully saturated rings. The minimum absolute atomic E-state index is 0.134. The number of aromatic amines is 1. The lowest BCUT2D eigenvalue weighted by Crippen LogP contribution is -2.04. The molecule has 0 amide bonds. The van der Waals surface area contributed by atoms with E-state index in [1.54, 1.807) is 6.07 Å². The van der Waals surface area contributed by atoms with Gasteiger partial charge in [0.25, 0.3) is 0 Å². The molecule has 1 saturated carbocycles. The van der Waals surface area contributed by atoms with Gasteiger partial charge >= 0.3 is 0 Å². The van der Waals surface area contributed by atoms with Gasteiger partial charge in [-0.1, -0.05) is 39.3 Å². The van der Waals surface area contributed by atoms with Gasteiger partial charge in [0.05, 0.1) is 16.1 Å². The lowest BCUT2D eigenvalue weighted by molar-refractivity contribution is 0.457.